The summed E-state index contributed by atoms with van der Waals surface area (Å²) < 4.78 is 5.63. The molecule has 3 N–H and O–H groups in total. The molecule has 1 aromatic heterocycles. The molecule has 140 valence electrons. The molecule has 0 saturated carbocycles. The number of nitrogens with two attached hydrogens (primary N) is 1. The second-order valence-electron chi connectivity index (χ2n) is 7.11. The van der Waals surface area contributed by atoms with Gasteiger partial charge in [0.1, 0.15) is 11.6 Å². The third kappa shape index (κ3) is 4.03. The van der Waals surface area contributed by atoms with Crippen molar-refractivity contribution in [3.05, 3.63) is 71.0 Å². The van der Waals surface area contributed by atoms with Crippen molar-refractivity contribution in [1.82, 2.24) is 5.32 Å². The molecule has 2 amide bonds. The van der Waals surface area contributed by atoms with Crippen molar-refractivity contribution >= 4 is 22.8 Å². The highest BCUT2D eigenvalue weighted by atomic mass is 16.3. The van der Waals surface area contributed by atoms with E-state index in [9.17, 15) is 9.59 Å². The maximum absolute atomic E-state index is 12.6. The van der Waals surface area contributed by atoms with Crippen molar-refractivity contribution in [3.8, 4) is 0 Å². The predicted octanol–water partition coefficient (Wildman–Crippen LogP) is 3.75. The lowest BCUT2D eigenvalue weighted by Gasteiger charge is -2.15. The molecule has 1 heterocycles. The Morgan fingerprint density at radius 2 is 1.85 bits per heavy atom. The average Bonchev–Trinajstić information content (AvgIpc) is 3.00. The first-order valence-corrected chi connectivity index (χ1v) is 9.01. The summed E-state index contributed by atoms with van der Waals surface area (Å²) in [6.07, 6.45) is 1.72. The first kappa shape index (κ1) is 18.7. The quantitative estimate of drug-likeness (QED) is 0.698. The molecule has 1 atom stereocenters. The van der Waals surface area contributed by atoms with Gasteiger partial charge >= 0.3 is 0 Å². The van der Waals surface area contributed by atoms with Gasteiger partial charge in [-0.2, -0.15) is 0 Å². The topological polar surface area (TPSA) is 85.3 Å². The van der Waals surface area contributed by atoms with Crippen LogP contribution in [-0.2, 0) is 16.0 Å². The minimum absolute atomic E-state index is 0.115. The van der Waals surface area contributed by atoms with Crippen LogP contribution in [0.2, 0.25) is 0 Å². The molecule has 3 rings (SSSR count). The first-order chi connectivity index (χ1) is 12.9. The summed E-state index contributed by atoms with van der Waals surface area (Å²) in [5, 5.41) is 3.66. The zero-order valence-electron chi connectivity index (χ0n) is 15.8. The second-order valence-corrected chi connectivity index (χ2v) is 7.11. The van der Waals surface area contributed by atoms with Crippen LogP contribution < -0.4 is 11.1 Å². The third-order valence-electron chi connectivity index (χ3n) is 4.74. The van der Waals surface area contributed by atoms with Crippen LogP contribution in [0.3, 0.4) is 0 Å². The molecular formula is C22H24N2O3. The number of amides is 2. The third-order valence-corrected chi connectivity index (χ3v) is 4.74. The summed E-state index contributed by atoms with van der Waals surface area (Å²) in [4.78, 5) is 24.4. The molecule has 0 aliphatic rings. The maximum atomic E-state index is 12.6. The zero-order chi connectivity index (χ0) is 19.6. The Labute approximate surface area is 158 Å². The summed E-state index contributed by atoms with van der Waals surface area (Å²) in [6, 6.07) is 12.2. The molecule has 5 heteroatoms. The Kier molecular flexibility index (Phi) is 5.31. The van der Waals surface area contributed by atoms with Crippen molar-refractivity contribution in [3.63, 3.8) is 0 Å². The molecule has 0 fully saturated rings. The van der Waals surface area contributed by atoms with E-state index in [0.717, 1.165) is 16.5 Å². The minimum atomic E-state index is -0.856. The normalized spacial score (nSPS) is 12.3. The molecule has 0 radical (unpaired) electrons. The predicted molar refractivity (Wildman–Crippen MR) is 105 cm³/mol. The van der Waals surface area contributed by atoms with E-state index < -0.39 is 11.9 Å². The van der Waals surface area contributed by atoms with Gasteiger partial charge in [-0.05, 0) is 41.7 Å². The van der Waals surface area contributed by atoms with E-state index in [2.05, 4.69) is 32.2 Å². The van der Waals surface area contributed by atoms with Gasteiger partial charge < -0.3 is 15.5 Å². The van der Waals surface area contributed by atoms with Gasteiger partial charge in [0, 0.05) is 10.9 Å². The summed E-state index contributed by atoms with van der Waals surface area (Å²) in [5.74, 6) is -0.496. The molecule has 0 bridgehead atoms. The Morgan fingerprint density at radius 3 is 2.48 bits per heavy atom. The van der Waals surface area contributed by atoms with Gasteiger partial charge in [0.05, 0.1) is 12.7 Å². The molecule has 2 aromatic carbocycles. The van der Waals surface area contributed by atoms with Gasteiger partial charge in [-0.3, -0.25) is 9.59 Å². The summed E-state index contributed by atoms with van der Waals surface area (Å²) in [5.41, 5.74) is 10.1. The van der Waals surface area contributed by atoms with Crippen LogP contribution in [0, 0.1) is 6.92 Å². The number of hydrogen-bond donors (Lipinski definition) is 2. The molecule has 0 aliphatic heterocycles. The lowest BCUT2D eigenvalue weighted by atomic mass is 9.95. The largest absolute Gasteiger partial charge is 0.464 e. The molecule has 5 nitrogen and oxygen atoms in total. The minimum Gasteiger partial charge on any atom is -0.464 e. The number of furan rings is 1. The van der Waals surface area contributed by atoms with Crippen LogP contribution >= 0.6 is 0 Å². The number of rotatable bonds is 6. The number of carbonyl (C=O) groups is 2. The van der Waals surface area contributed by atoms with Crippen LogP contribution in [0.5, 0.6) is 0 Å². The maximum Gasteiger partial charge on any atom is 0.244 e. The standard InChI is InChI=1S/C22H24N2O3/c1-13(2)17-11-18-16(12-27-19(18)9-14(17)3)10-20(25)24-21(22(23)26)15-7-5-4-6-8-15/h4-9,11-13,21H,10H2,1-3H3,(H2,23,26)(H,24,25). The Balaban J connectivity index is 1.83. The van der Waals surface area contributed by atoms with Crippen LogP contribution in [0.15, 0.2) is 53.1 Å². The fourth-order valence-corrected chi connectivity index (χ4v) is 3.35. The molecular weight excluding hydrogens is 340 g/mol. The lowest BCUT2D eigenvalue weighted by molar-refractivity contribution is -0.127. The van der Waals surface area contributed by atoms with Crippen molar-refractivity contribution < 1.29 is 14.0 Å². The van der Waals surface area contributed by atoms with Crippen molar-refractivity contribution in [2.45, 2.75) is 39.2 Å². The zero-order valence-corrected chi connectivity index (χ0v) is 15.8. The van der Waals surface area contributed by atoms with Gasteiger partial charge in [-0.25, -0.2) is 0 Å². The number of carbonyl (C=O) groups excluding carboxylic acids is 2. The molecule has 27 heavy (non-hydrogen) atoms. The van der Waals surface area contributed by atoms with E-state index in [-0.39, 0.29) is 12.3 Å². The van der Waals surface area contributed by atoms with Gasteiger partial charge in [0.2, 0.25) is 11.8 Å². The molecule has 1 unspecified atom stereocenters. The second kappa shape index (κ2) is 7.66. The Hall–Kier alpha value is -3.08. The average molecular weight is 364 g/mol. The van der Waals surface area contributed by atoms with E-state index in [1.165, 1.54) is 11.1 Å². The number of aryl methyl sites for hydroxylation is 1. The van der Waals surface area contributed by atoms with Crippen LogP contribution in [0.25, 0.3) is 11.0 Å². The molecule has 0 saturated heterocycles. The molecule has 0 aliphatic carbocycles. The monoisotopic (exact) mass is 364 g/mol. The van der Waals surface area contributed by atoms with Gasteiger partial charge in [0.15, 0.2) is 0 Å². The molecule has 3 aromatic rings. The Bertz CT molecular complexity index is 974. The van der Waals surface area contributed by atoms with E-state index >= 15 is 0 Å². The summed E-state index contributed by atoms with van der Waals surface area (Å²) in [6.45, 7) is 6.33. The fourth-order valence-electron chi connectivity index (χ4n) is 3.35. The smallest absolute Gasteiger partial charge is 0.244 e. The van der Waals surface area contributed by atoms with Crippen LogP contribution in [0.4, 0.5) is 0 Å². The van der Waals surface area contributed by atoms with Crippen LogP contribution in [0.1, 0.15) is 48.1 Å². The SMILES string of the molecule is Cc1cc2occ(CC(=O)NC(C(N)=O)c3ccccc3)c2cc1C(C)C. The van der Waals surface area contributed by atoms with Gasteiger partial charge in [0.25, 0.3) is 0 Å². The highest BCUT2D eigenvalue weighted by Gasteiger charge is 2.21. The van der Waals surface area contributed by atoms with Crippen molar-refractivity contribution in [2.24, 2.45) is 5.73 Å². The van der Waals surface area contributed by atoms with Crippen molar-refractivity contribution in [1.29, 1.82) is 0 Å². The first-order valence-electron chi connectivity index (χ1n) is 9.01. The van der Waals surface area contributed by atoms with E-state index in [1.807, 2.05) is 12.1 Å². The molecule has 0 spiro atoms. The number of fused-ring (bicyclic) bond motifs is 1. The summed E-state index contributed by atoms with van der Waals surface area (Å²) >= 11 is 0. The lowest BCUT2D eigenvalue weighted by Crippen LogP contribution is -2.38. The summed E-state index contributed by atoms with van der Waals surface area (Å²) in [7, 11) is 0. The number of nitrogens with one attached hydrogen (secondary N) is 1. The van der Waals surface area contributed by atoms with E-state index in [0.29, 0.717) is 11.5 Å². The highest BCUT2D eigenvalue weighted by molar-refractivity contribution is 5.91. The fraction of sp³-hybridized carbons (Fsp3) is 0.273. The van der Waals surface area contributed by atoms with E-state index in [4.69, 9.17) is 10.2 Å². The van der Waals surface area contributed by atoms with E-state index in [1.54, 1.807) is 30.5 Å². The number of benzene rings is 2. The van der Waals surface area contributed by atoms with Crippen LogP contribution in [-0.4, -0.2) is 11.8 Å². The Morgan fingerprint density at radius 1 is 1.15 bits per heavy atom. The highest BCUT2D eigenvalue weighted by Crippen LogP contribution is 2.29. The number of hydrogen-bond acceptors (Lipinski definition) is 3. The van der Waals surface area contributed by atoms with Crippen molar-refractivity contribution in [2.75, 3.05) is 0 Å². The van der Waals surface area contributed by atoms with Gasteiger partial charge in [-0.1, -0.05) is 44.2 Å². The van der Waals surface area contributed by atoms with Gasteiger partial charge in [-0.15, -0.1) is 0 Å². The number of primary amides is 1.